The SMILES string of the molecule is [2H]C1(N2Cc3c(N)cccc3C2=O)CCC(=C)NC1=O. The number of nitrogen functional groups attached to an aromatic ring is 1. The number of amides is 2. The van der Waals surface area contributed by atoms with Gasteiger partial charge in [-0.25, -0.2) is 0 Å². The number of allylic oxidation sites excluding steroid dienone is 1. The van der Waals surface area contributed by atoms with E-state index in [1.165, 1.54) is 4.90 Å². The zero-order valence-corrected chi connectivity index (χ0v) is 10.4. The molecule has 3 rings (SSSR count). The van der Waals surface area contributed by atoms with Gasteiger partial charge in [0.1, 0.15) is 6.02 Å². The summed E-state index contributed by atoms with van der Waals surface area (Å²) in [7, 11) is 0. The molecule has 0 aliphatic carbocycles. The fraction of sp³-hybridized carbons (Fsp3) is 0.286. The van der Waals surface area contributed by atoms with Crippen LogP contribution >= 0.6 is 0 Å². The molecule has 0 radical (unpaired) electrons. The molecule has 98 valence electrons. The summed E-state index contributed by atoms with van der Waals surface area (Å²) in [6.45, 7) is 3.89. The average Bonchev–Trinajstić information content (AvgIpc) is 2.75. The first kappa shape index (κ1) is 10.6. The Morgan fingerprint density at radius 1 is 1.47 bits per heavy atom. The quantitative estimate of drug-likeness (QED) is 0.738. The maximum absolute atomic E-state index is 12.4. The van der Waals surface area contributed by atoms with E-state index in [-0.39, 0.29) is 18.9 Å². The summed E-state index contributed by atoms with van der Waals surface area (Å²) in [5, 5.41) is 2.56. The molecule has 0 spiro atoms. The molecule has 1 unspecified atom stereocenters. The zero-order valence-electron chi connectivity index (χ0n) is 11.4. The number of hydrogen-bond donors (Lipinski definition) is 2. The Morgan fingerprint density at radius 2 is 2.26 bits per heavy atom. The van der Waals surface area contributed by atoms with Crippen LogP contribution in [-0.2, 0) is 11.3 Å². The topological polar surface area (TPSA) is 75.4 Å². The number of nitrogens with two attached hydrogens (primary N) is 1. The smallest absolute Gasteiger partial charge is 0.255 e. The second-order valence-electron chi connectivity index (χ2n) is 4.77. The van der Waals surface area contributed by atoms with Crippen LogP contribution in [0.25, 0.3) is 0 Å². The summed E-state index contributed by atoms with van der Waals surface area (Å²) in [5.74, 6) is -0.821. The van der Waals surface area contributed by atoms with Crippen LogP contribution in [-0.4, -0.2) is 22.7 Å². The minimum Gasteiger partial charge on any atom is -0.398 e. The first-order valence-corrected chi connectivity index (χ1v) is 6.12. The van der Waals surface area contributed by atoms with Crippen molar-refractivity contribution in [2.45, 2.75) is 25.4 Å². The van der Waals surface area contributed by atoms with Crippen molar-refractivity contribution in [1.82, 2.24) is 10.2 Å². The Balaban J connectivity index is 1.98. The number of piperidine rings is 1. The number of carbonyl (C=O) groups excluding carboxylic acids is 2. The van der Waals surface area contributed by atoms with Gasteiger partial charge >= 0.3 is 0 Å². The first-order chi connectivity index (χ1) is 9.43. The molecule has 0 aromatic heterocycles. The minimum atomic E-state index is -1.59. The normalized spacial score (nSPS) is 27.1. The van der Waals surface area contributed by atoms with Crippen molar-refractivity contribution in [3.05, 3.63) is 41.6 Å². The highest BCUT2D eigenvalue weighted by molar-refractivity contribution is 6.02. The van der Waals surface area contributed by atoms with Crippen molar-refractivity contribution >= 4 is 17.5 Å². The van der Waals surface area contributed by atoms with Crippen LogP contribution in [0.1, 0.15) is 30.1 Å². The lowest BCUT2D eigenvalue weighted by Gasteiger charge is -2.30. The molecule has 0 bridgehead atoms. The van der Waals surface area contributed by atoms with Gasteiger partial charge in [-0.3, -0.25) is 9.59 Å². The minimum absolute atomic E-state index is 0.199. The van der Waals surface area contributed by atoms with E-state index < -0.39 is 11.9 Å². The van der Waals surface area contributed by atoms with E-state index in [9.17, 15) is 9.59 Å². The van der Waals surface area contributed by atoms with Crippen LogP contribution in [0.2, 0.25) is 0 Å². The van der Waals surface area contributed by atoms with E-state index >= 15 is 0 Å². The molecule has 1 aromatic carbocycles. The van der Waals surface area contributed by atoms with Gasteiger partial charge in [-0.15, -0.1) is 0 Å². The number of nitrogens with zero attached hydrogens (tertiary/aromatic N) is 1. The van der Waals surface area contributed by atoms with Gasteiger partial charge in [0.15, 0.2) is 0 Å². The third-order valence-electron chi connectivity index (χ3n) is 3.55. The summed E-state index contributed by atoms with van der Waals surface area (Å²) in [6.07, 6.45) is 0.738. The Bertz CT molecular complexity index is 643. The van der Waals surface area contributed by atoms with Crippen LogP contribution in [0.15, 0.2) is 30.5 Å². The third kappa shape index (κ3) is 1.78. The van der Waals surface area contributed by atoms with Crippen molar-refractivity contribution < 1.29 is 11.0 Å². The molecular formula is C14H15N3O2. The predicted octanol–water partition coefficient (Wildman–Crippen LogP) is 1.02. The lowest BCUT2D eigenvalue weighted by Crippen LogP contribution is -2.49. The van der Waals surface area contributed by atoms with Crippen LogP contribution in [0.3, 0.4) is 0 Å². The van der Waals surface area contributed by atoms with Crippen molar-refractivity contribution in [2.24, 2.45) is 0 Å². The molecule has 2 aliphatic rings. The molecule has 1 saturated heterocycles. The molecule has 1 aromatic rings. The molecule has 2 amide bonds. The standard InChI is InChI=1S/C14H15N3O2/c1-8-5-6-12(13(18)16-8)17-7-10-9(14(17)19)3-2-4-11(10)15/h2-4,12H,1,5-7,15H2,(H,16,18)/i12D. The van der Waals surface area contributed by atoms with Gasteiger partial charge in [-0.05, 0) is 25.0 Å². The Hall–Kier alpha value is -2.30. The van der Waals surface area contributed by atoms with E-state index in [0.29, 0.717) is 28.9 Å². The lowest BCUT2D eigenvalue weighted by atomic mass is 10.0. The van der Waals surface area contributed by atoms with E-state index in [1.807, 2.05) is 0 Å². The lowest BCUT2D eigenvalue weighted by molar-refractivity contribution is -0.126. The molecule has 5 heteroatoms. The van der Waals surface area contributed by atoms with E-state index in [4.69, 9.17) is 7.10 Å². The monoisotopic (exact) mass is 258 g/mol. The molecule has 3 N–H and O–H groups in total. The Kier molecular flexibility index (Phi) is 2.30. The summed E-state index contributed by atoms with van der Waals surface area (Å²) < 4.78 is 8.40. The van der Waals surface area contributed by atoms with Crippen LogP contribution < -0.4 is 11.1 Å². The summed E-state index contributed by atoms with van der Waals surface area (Å²) in [5.41, 5.74) is 8.15. The van der Waals surface area contributed by atoms with Gasteiger partial charge in [-0.1, -0.05) is 12.6 Å². The largest absolute Gasteiger partial charge is 0.398 e. The van der Waals surface area contributed by atoms with Gasteiger partial charge in [-0.2, -0.15) is 0 Å². The second kappa shape index (κ2) is 4.12. The van der Waals surface area contributed by atoms with Gasteiger partial charge in [0.2, 0.25) is 5.91 Å². The molecule has 1 fully saturated rings. The Morgan fingerprint density at radius 3 is 2.95 bits per heavy atom. The van der Waals surface area contributed by atoms with Crippen molar-refractivity contribution in [2.75, 3.05) is 5.73 Å². The fourth-order valence-corrected chi connectivity index (χ4v) is 2.51. The number of carbonyl (C=O) groups is 2. The summed E-state index contributed by atoms with van der Waals surface area (Å²) >= 11 is 0. The highest BCUT2D eigenvalue weighted by Crippen LogP contribution is 2.31. The third-order valence-corrected chi connectivity index (χ3v) is 3.55. The van der Waals surface area contributed by atoms with Gasteiger partial charge in [0.25, 0.3) is 5.91 Å². The molecule has 2 aliphatic heterocycles. The molecular weight excluding hydrogens is 242 g/mol. The molecule has 5 nitrogen and oxygen atoms in total. The van der Waals surface area contributed by atoms with Crippen LogP contribution in [0, 0.1) is 0 Å². The zero-order chi connectivity index (χ0) is 14.5. The number of fused-ring (bicyclic) bond motifs is 1. The maximum Gasteiger partial charge on any atom is 0.255 e. The number of benzene rings is 1. The highest BCUT2D eigenvalue weighted by atomic mass is 16.2. The number of rotatable bonds is 1. The van der Waals surface area contributed by atoms with Gasteiger partial charge in [0, 0.05) is 29.1 Å². The molecule has 2 heterocycles. The van der Waals surface area contributed by atoms with Gasteiger partial charge < -0.3 is 16.0 Å². The van der Waals surface area contributed by atoms with Gasteiger partial charge in [0.05, 0.1) is 1.37 Å². The van der Waals surface area contributed by atoms with Crippen molar-refractivity contribution in [3.8, 4) is 0 Å². The van der Waals surface area contributed by atoms with E-state index in [2.05, 4.69) is 11.9 Å². The molecule has 1 atom stereocenters. The fourth-order valence-electron chi connectivity index (χ4n) is 2.51. The predicted molar refractivity (Wildman–Crippen MR) is 71.0 cm³/mol. The number of nitrogens with one attached hydrogen (secondary N) is 1. The number of hydrogen-bond acceptors (Lipinski definition) is 3. The Labute approximate surface area is 112 Å². The first-order valence-electron chi connectivity index (χ1n) is 6.62. The second-order valence-corrected chi connectivity index (χ2v) is 4.77. The van der Waals surface area contributed by atoms with Crippen LogP contribution in [0.4, 0.5) is 5.69 Å². The van der Waals surface area contributed by atoms with E-state index in [1.54, 1.807) is 18.2 Å². The summed E-state index contributed by atoms with van der Waals surface area (Å²) in [4.78, 5) is 25.8. The average molecular weight is 258 g/mol. The highest BCUT2D eigenvalue weighted by Gasteiger charge is 2.38. The van der Waals surface area contributed by atoms with E-state index in [0.717, 1.165) is 0 Å². The van der Waals surface area contributed by atoms with Crippen LogP contribution in [0.5, 0.6) is 0 Å². The van der Waals surface area contributed by atoms with Crippen molar-refractivity contribution in [1.29, 1.82) is 0 Å². The van der Waals surface area contributed by atoms with Crippen molar-refractivity contribution in [3.63, 3.8) is 0 Å². The molecule has 19 heavy (non-hydrogen) atoms. The number of anilines is 1. The maximum atomic E-state index is 12.4. The summed E-state index contributed by atoms with van der Waals surface area (Å²) in [6, 6.07) is 3.50. The molecule has 0 saturated carbocycles.